The van der Waals surface area contributed by atoms with E-state index in [9.17, 15) is 17.6 Å². The normalized spacial score (nSPS) is 11.4. The van der Waals surface area contributed by atoms with Gasteiger partial charge in [0.2, 0.25) is 15.9 Å². The van der Waals surface area contributed by atoms with E-state index in [0.29, 0.717) is 11.3 Å². The van der Waals surface area contributed by atoms with Gasteiger partial charge in [0, 0.05) is 12.1 Å². The molecule has 0 bridgehead atoms. The first-order valence-electron chi connectivity index (χ1n) is 8.27. The van der Waals surface area contributed by atoms with Crippen molar-refractivity contribution >= 4 is 21.6 Å². The molecule has 0 unspecified atom stereocenters. The summed E-state index contributed by atoms with van der Waals surface area (Å²) in [6, 6.07) is 13.2. The molecule has 0 heterocycles. The minimum Gasteiger partial charge on any atom is -0.350 e. The van der Waals surface area contributed by atoms with Gasteiger partial charge in [-0.15, -0.1) is 0 Å². The van der Waals surface area contributed by atoms with Crippen LogP contribution in [0.15, 0.2) is 48.5 Å². The summed E-state index contributed by atoms with van der Waals surface area (Å²) in [5.74, 6) is -0.827. The molecule has 7 heteroatoms. The summed E-state index contributed by atoms with van der Waals surface area (Å²) in [5.41, 5.74) is 1.65. The van der Waals surface area contributed by atoms with Gasteiger partial charge in [-0.25, -0.2) is 12.8 Å². The highest BCUT2D eigenvalue weighted by Crippen LogP contribution is 2.28. The van der Waals surface area contributed by atoms with E-state index in [1.807, 2.05) is 26.0 Å². The number of sulfonamides is 1. The van der Waals surface area contributed by atoms with Crippen molar-refractivity contribution in [2.24, 2.45) is 0 Å². The Bertz CT molecular complexity index is 882. The number of amides is 1. The summed E-state index contributed by atoms with van der Waals surface area (Å²) in [4.78, 5) is 12.3. The summed E-state index contributed by atoms with van der Waals surface area (Å²) in [7, 11) is -3.66. The van der Waals surface area contributed by atoms with Crippen LogP contribution in [0.4, 0.5) is 10.1 Å². The first kappa shape index (κ1) is 19.9. The predicted molar refractivity (Wildman–Crippen MR) is 101 cm³/mol. The van der Waals surface area contributed by atoms with Gasteiger partial charge in [0.1, 0.15) is 12.4 Å². The van der Waals surface area contributed by atoms with Crippen LogP contribution in [0.1, 0.15) is 30.9 Å². The second-order valence-corrected chi connectivity index (χ2v) is 8.26. The first-order valence-corrected chi connectivity index (χ1v) is 10.1. The molecule has 0 saturated heterocycles. The molecule has 1 N–H and O–H groups in total. The Morgan fingerprint density at radius 1 is 1.12 bits per heavy atom. The number of para-hydroxylation sites is 1. The van der Waals surface area contributed by atoms with Gasteiger partial charge in [-0.05, 0) is 23.6 Å². The Morgan fingerprint density at radius 3 is 2.35 bits per heavy atom. The van der Waals surface area contributed by atoms with E-state index in [-0.39, 0.29) is 19.0 Å². The summed E-state index contributed by atoms with van der Waals surface area (Å²) < 4.78 is 39.2. The third kappa shape index (κ3) is 5.05. The van der Waals surface area contributed by atoms with Gasteiger partial charge in [-0.3, -0.25) is 9.10 Å². The van der Waals surface area contributed by atoms with E-state index in [4.69, 9.17) is 0 Å². The van der Waals surface area contributed by atoms with Crippen LogP contribution in [0.3, 0.4) is 0 Å². The zero-order valence-corrected chi connectivity index (χ0v) is 15.9. The molecule has 0 spiro atoms. The lowest BCUT2D eigenvalue weighted by Gasteiger charge is -2.25. The maximum absolute atomic E-state index is 13.6. The number of anilines is 1. The van der Waals surface area contributed by atoms with Crippen molar-refractivity contribution in [3.63, 3.8) is 0 Å². The van der Waals surface area contributed by atoms with E-state index in [0.717, 1.165) is 16.1 Å². The first-order chi connectivity index (χ1) is 12.2. The zero-order valence-electron chi connectivity index (χ0n) is 15.1. The van der Waals surface area contributed by atoms with E-state index >= 15 is 0 Å². The number of halogens is 1. The van der Waals surface area contributed by atoms with Gasteiger partial charge in [-0.2, -0.15) is 0 Å². The number of benzene rings is 2. The van der Waals surface area contributed by atoms with E-state index in [1.165, 1.54) is 6.07 Å². The van der Waals surface area contributed by atoms with Gasteiger partial charge < -0.3 is 5.32 Å². The molecule has 0 aromatic heterocycles. The quantitative estimate of drug-likeness (QED) is 0.805. The molecule has 1 amide bonds. The highest BCUT2D eigenvalue weighted by Gasteiger charge is 2.23. The summed E-state index contributed by atoms with van der Waals surface area (Å²) in [5, 5.41) is 2.58. The smallest absolute Gasteiger partial charge is 0.241 e. The number of rotatable bonds is 7. The number of nitrogens with zero attached hydrogens (tertiary/aromatic N) is 1. The van der Waals surface area contributed by atoms with Crippen molar-refractivity contribution in [2.75, 3.05) is 17.1 Å². The van der Waals surface area contributed by atoms with Crippen molar-refractivity contribution in [1.29, 1.82) is 0 Å². The van der Waals surface area contributed by atoms with Crippen LogP contribution in [-0.4, -0.2) is 27.1 Å². The average Bonchev–Trinajstić information content (AvgIpc) is 2.58. The molecule has 140 valence electrons. The van der Waals surface area contributed by atoms with Crippen LogP contribution in [0.5, 0.6) is 0 Å². The lowest BCUT2D eigenvalue weighted by atomic mass is 10.0. The molecule has 0 fully saturated rings. The number of hydrogen-bond donors (Lipinski definition) is 1. The Labute approximate surface area is 153 Å². The van der Waals surface area contributed by atoms with Crippen LogP contribution < -0.4 is 9.62 Å². The molecule has 26 heavy (non-hydrogen) atoms. The third-order valence-corrected chi connectivity index (χ3v) is 5.08. The predicted octanol–water partition coefficient (Wildman–Crippen LogP) is 3.03. The fourth-order valence-corrected chi connectivity index (χ4v) is 3.48. The van der Waals surface area contributed by atoms with Crippen LogP contribution in [-0.2, 0) is 21.4 Å². The molecular formula is C19H23FN2O3S. The highest BCUT2D eigenvalue weighted by molar-refractivity contribution is 7.92. The number of carbonyl (C=O) groups excluding carboxylic acids is 1. The van der Waals surface area contributed by atoms with Crippen LogP contribution in [0, 0.1) is 5.82 Å². The summed E-state index contributed by atoms with van der Waals surface area (Å²) >= 11 is 0. The van der Waals surface area contributed by atoms with Crippen molar-refractivity contribution in [1.82, 2.24) is 5.32 Å². The largest absolute Gasteiger partial charge is 0.350 e. The minimum atomic E-state index is -3.66. The molecule has 5 nitrogen and oxygen atoms in total. The summed E-state index contributed by atoms with van der Waals surface area (Å²) in [6.45, 7) is 3.54. The highest BCUT2D eigenvalue weighted by atomic mass is 32.2. The maximum Gasteiger partial charge on any atom is 0.241 e. The van der Waals surface area contributed by atoms with Crippen molar-refractivity contribution < 1.29 is 17.6 Å². The monoisotopic (exact) mass is 378 g/mol. The molecule has 0 aliphatic heterocycles. The third-order valence-electron chi connectivity index (χ3n) is 3.95. The minimum absolute atomic E-state index is 0.00502. The molecule has 0 atom stereocenters. The molecule has 2 aromatic rings. The lowest BCUT2D eigenvalue weighted by Crippen LogP contribution is -2.40. The van der Waals surface area contributed by atoms with Crippen LogP contribution in [0.25, 0.3) is 0 Å². The van der Waals surface area contributed by atoms with Crippen molar-refractivity contribution in [2.45, 2.75) is 26.3 Å². The van der Waals surface area contributed by atoms with Gasteiger partial charge in [0.15, 0.2) is 0 Å². The molecular weight excluding hydrogens is 355 g/mol. The van der Waals surface area contributed by atoms with Crippen molar-refractivity contribution in [3.05, 3.63) is 65.5 Å². The Balaban J connectivity index is 2.19. The topological polar surface area (TPSA) is 66.5 Å². The lowest BCUT2D eigenvalue weighted by molar-refractivity contribution is -0.119. The van der Waals surface area contributed by atoms with Gasteiger partial charge in [0.05, 0.1) is 11.9 Å². The van der Waals surface area contributed by atoms with Gasteiger partial charge >= 0.3 is 0 Å². The molecule has 0 radical (unpaired) electrons. The Morgan fingerprint density at radius 2 is 1.73 bits per heavy atom. The van der Waals surface area contributed by atoms with Gasteiger partial charge in [-0.1, -0.05) is 50.2 Å². The Kier molecular flexibility index (Phi) is 6.37. The molecule has 2 rings (SSSR count). The molecule has 2 aromatic carbocycles. The van der Waals surface area contributed by atoms with E-state index in [1.54, 1.807) is 30.3 Å². The standard InChI is InChI=1S/C19H23FN2O3S/c1-14(2)16-9-5-7-11-18(16)22(26(3,24)25)13-19(23)21-12-15-8-4-6-10-17(15)20/h4-11,14H,12-13H2,1-3H3,(H,21,23). The number of carbonyl (C=O) groups is 1. The van der Waals surface area contributed by atoms with Crippen LogP contribution in [0.2, 0.25) is 0 Å². The fraction of sp³-hybridized carbons (Fsp3) is 0.316. The zero-order chi connectivity index (χ0) is 19.3. The van der Waals surface area contributed by atoms with E-state index in [2.05, 4.69) is 5.32 Å². The molecule has 0 aliphatic rings. The molecule has 0 saturated carbocycles. The van der Waals surface area contributed by atoms with Gasteiger partial charge in [0.25, 0.3) is 0 Å². The van der Waals surface area contributed by atoms with Crippen LogP contribution >= 0.6 is 0 Å². The summed E-state index contributed by atoms with van der Waals surface area (Å²) in [6.07, 6.45) is 1.06. The van der Waals surface area contributed by atoms with Crippen molar-refractivity contribution in [3.8, 4) is 0 Å². The number of nitrogens with one attached hydrogen (secondary N) is 1. The molecule has 0 aliphatic carbocycles. The second kappa shape index (κ2) is 8.31. The maximum atomic E-state index is 13.6. The fourth-order valence-electron chi connectivity index (χ4n) is 2.61. The number of hydrogen-bond acceptors (Lipinski definition) is 3. The SMILES string of the molecule is CC(C)c1ccccc1N(CC(=O)NCc1ccccc1F)S(C)(=O)=O. The Hall–Kier alpha value is -2.41. The average molecular weight is 378 g/mol. The van der Waals surface area contributed by atoms with E-state index < -0.39 is 21.7 Å². The second-order valence-electron chi connectivity index (χ2n) is 6.35.